The van der Waals surface area contributed by atoms with E-state index in [9.17, 15) is 20.4 Å². The van der Waals surface area contributed by atoms with Gasteiger partial charge in [0.05, 0.1) is 17.1 Å². The molecule has 1 aliphatic heterocycles. The lowest BCUT2D eigenvalue weighted by Gasteiger charge is -2.40. The fourth-order valence-electron chi connectivity index (χ4n) is 4.55. The molecule has 3 aromatic rings. The number of nitrogens with zero attached hydrogens (tertiary/aromatic N) is 1. The van der Waals surface area contributed by atoms with Crippen molar-refractivity contribution in [1.82, 2.24) is 4.57 Å². The van der Waals surface area contributed by atoms with E-state index in [2.05, 4.69) is 24.3 Å². The Balaban J connectivity index is 1.53. The van der Waals surface area contributed by atoms with Crippen LogP contribution >= 0.6 is 11.6 Å². The van der Waals surface area contributed by atoms with Crippen LogP contribution in [0.2, 0.25) is 5.02 Å². The van der Waals surface area contributed by atoms with Crippen LogP contribution in [0.1, 0.15) is 41.7 Å². The predicted molar refractivity (Wildman–Crippen MR) is 117 cm³/mol. The summed E-state index contributed by atoms with van der Waals surface area (Å²) in [6, 6.07) is 14.2. The van der Waals surface area contributed by atoms with Gasteiger partial charge in [0.1, 0.15) is 24.4 Å². The molecule has 0 amide bonds. The van der Waals surface area contributed by atoms with Gasteiger partial charge >= 0.3 is 0 Å². The first-order chi connectivity index (χ1) is 15.0. The van der Waals surface area contributed by atoms with E-state index in [4.69, 9.17) is 16.3 Å². The molecule has 0 radical (unpaired) electrons. The number of halogens is 1. The average molecular weight is 444 g/mol. The summed E-state index contributed by atoms with van der Waals surface area (Å²) in [5.41, 5.74) is 4.25. The molecule has 2 fully saturated rings. The Hall–Kier alpha value is -1.93. The van der Waals surface area contributed by atoms with E-state index in [0.717, 1.165) is 22.0 Å². The molecule has 1 saturated heterocycles. The number of rotatable bonds is 5. The van der Waals surface area contributed by atoms with Crippen LogP contribution in [0.25, 0.3) is 10.9 Å². The third kappa shape index (κ3) is 3.78. The molecule has 1 saturated carbocycles. The summed E-state index contributed by atoms with van der Waals surface area (Å²) < 4.78 is 7.52. The van der Waals surface area contributed by atoms with E-state index >= 15 is 0 Å². The highest BCUT2D eigenvalue weighted by atomic mass is 35.5. The van der Waals surface area contributed by atoms with E-state index in [1.54, 1.807) is 4.57 Å². The van der Waals surface area contributed by atoms with Crippen LogP contribution in [0, 0.1) is 0 Å². The van der Waals surface area contributed by atoms with Crippen LogP contribution in [0.3, 0.4) is 0 Å². The summed E-state index contributed by atoms with van der Waals surface area (Å²) >= 11 is 6.55. The van der Waals surface area contributed by atoms with E-state index < -0.39 is 37.3 Å². The van der Waals surface area contributed by atoms with Crippen LogP contribution in [-0.2, 0) is 11.2 Å². The van der Waals surface area contributed by atoms with Gasteiger partial charge in [0.2, 0.25) is 0 Å². The minimum atomic E-state index is -1.44. The Morgan fingerprint density at radius 2 is 1.71 bits per heavy atom. The monoisotopic (exact) mass is 443 g/mol. The fourth-order valence-corrected chi connectivity index (χ4v) is 4.84. The third-order valence-corrected chi connectivity index (χ3v) is 6.77. The zero-order valence-electron chi connectivity index (χ0n) is 16.9. The molecule has 31 heavy (non-hydrogen) atoms. The second-order valence-electron chi connectivity index (χ2n) is 8.61. The van der Waals surface area contributed by atoms with Gasteiger partial charge in [-0.05, 0) is 54.0 Å². The summed E-state index contributed by atoms with van der Waals surface area (Å²) in [6.45, 7) is -0.471. The maximum Gasteiger partial charge on any atom is 0.163 e. The van der Waals surface area contributed by atoms with E-state index in [-0.39, 0.29) is 0 Å². The van der Waals surface area contributed by atoms with Gasteiger partial charge in [0.15, 0.2) is 6.23 Å². The van der Waals surface area contributed by atoms with Crippen molar-refractivity contribution in [3.05, 3.63) is 70.4 Å². The van der Waals surface area contributed by atoms with Gasteiger partial charge in [-0.2, -0.15) is 0 Å². The molecule has 164 valence electrons. The Bertz CT molecular complexity index is 1080. The number of fused-ring (bicyclic) bond motifs is 1. The molecule has 5 atom stereocenters. The second kappa shape index (κ2) is 8.20. The number of hydrogen-bond acceptors (Lipinski definition) is 5. The highest BCUT2D eigenvalue weighted by Crippen LogP contribution is 2.40. The summed E-state index contributed by atoms with van der Waals surface area (Å²) in [6.07, 6.45) is -1.09. The van der Waals surface area contributed by atoms with Gasteiger partial charge in [-0.15, -0.1) is 0 Å². The molecule has 6 nitrogen and oxygen atoms in total. The van der Waals surface area contributed by atoms with Gasteiger partial charge in [-0.25, -0.2) is 0 Å². The van der Waals surface area contributed by atoms with E-state index in [1.165, 1.54) is 18.4 Å². The summed E-state index contributed by atoms with van der Waals surface area (Å²) in [5.74, 6) is 0.705. The first-order valence-electron chi connectivity index (χ1n) is 10.6. The molecule has 1 aromatic heterocycles. The number of aliphatic hydroxyl groups excluding tert-OH is 4. The molecule has 4 N–H and O–H groups in total. The van der Waals surface area contributed by atoms with Crippen molar-refractivity contribution >= 4 is 22.5 Å². The Labute approximate surface area is 185 Å². The van der Waals surface area contributed by atoms with Crippen molar-refractivity contribution < 1.29 is 25.2 Å². The number of ether oxygens (including phenoxy) is 1. The lowest BCUT2D eigenvalue weighted by atomic mass is 9.98. The van der Waals surface area contributed by atoms with Crippen molar-refractivity contribution in [3.63, 3.8) is 0 Å². The van der Waals surface area contributed by atoms with Crippen LogP contribution in [0.15, 0.2) is 48.7 Å². The number of benzene rings is 2. The molecule has 2 heterocycles. The maximum absolute atomic E-state index is 10.6. The quantitative estimate of drug-likeness (QED) is 0.486. The topological polar surface area (TPSA) is 95.1 Å². The normalized spacial score (nSPS) is 28.9. The molecule has 1 aliphatic carbocycles. The van der Waals surface area contributed by atoms with Crippen molar-refractivity contribution in [2.24, 2.45) is 0 Å². The average Bonchev–Trinajstić information content (AvgIpc) is 3.56. The number of aromatic nitrogens is 1. The van der Waals surface area contributed by atoms with Crippen LogP contribution in [0.5, 0.6) is 0 Å². The molecule has 7 heteroatoms. The molecule has 0 spiro atoms. The van der Waals surface area contributed by atoms with Crippen LogP contribution < -0.4 is 0 Å². The lowest BCUT2D eigenvalue weighted by Crippen LogP contribution is -2.56. The molecule has 2 aliphatic rings. The number of hydrogen-bond donors (Lipinski definition) is 4. The van der Waals surface area contributed by atoms with Crippen molar-refractivity contribution in [2.45, 2.75) is 55.8 Å². The van der Waals surface area contributed by atoms with Crippen molar-refractivity contribution in [3.8, 4) is 0 Å². The largest absolute Gasteiger partial charge is 0.394 e. The minimum absolute atomic E-state index is 0.471. The zero-order chi connectivity index (χ0) is 21.7. The van der Waals surface area contributed by atoms with Crippen molar-refractivity contribution in [2.75, 3.05) is 6.61 Å². The van der Waals surface area contributed by atoms with Gasteiger partial charge in [-0.1, -0.05) is 41.9 Å². The maximum atomic E-state index is 10.6. The summed E-state index contributed by atoms with van der Waals surface area (Å²) in [4.78, 5) is 0. The molecule has 1 unspecified atom stereocenters. The Morgan fingerprint density at radius 1 is 0.968 bits per heavy atom. The lowest BCUT2D eigenvalue weighted by molar-refractivity contribution is -0.250. The van der Waals surface area contributed by atoms with Gasteiger partial charge in [0.25, 0.3) is 0 Å². The molecule has 0 bridgehead atoms. The van der Waals surface area contributed by atoms with E-state index in [0.29, 0.717) is 17.4 Å². The number of aliphatic hydroxyl groups is 4. The van der Waals surface area contributed by atoms with Gasteiger partial charge < -0.3 is 29.7 Å². The van der Waals surface area contributed by atoms with Crippen LogP contribution in [0.4, 0.5) is 0 Å². The smallest absolute Gasteiger partial charge is 0.163 e. The molecular formula is C24H26ClNO5. The first-order valence-corrected chi connectivity index (χ1v) is 11.0. The standard InChI is InChI=1S/C24H26ClNO5/c25-17-2-1-3-18-20(17)16(10-13-4-6-14(7-5-13)15-8-9-15)11-26(18)24-23(30)22(29)21(28)19(12-27)31-24/h1-7,11,15,19,21-24,27-30H,8-10,12H2/t19-,21-,22+,23-,24?/m1/s1. The first kappa shape index (κ1) is 20.9. The van der Waals surface area contributed by atoms with Gasteiger partial charge in [0, 0.05) is 11.6 Å². The molecular weight excluding hydrogens is 418 g/mol. The third-order valence-electron chi connectivity index (χ3n) is 6.45. The van der Waals surface area contributed by atoms with E-state index in [1.807, 2.05) is 24.4 Å². The Kier molecular flexibility index (Phi) is 5.54. The Morgan fingerprint density at radius 3 is 2.39 bits per heavy atom. The van der Waals surface area contributed by atoms with Crippen LogP contribution in [-0.4, -0.2) is 56.0 Å². The predicted octanol–water partition coefficient (Wildman–Crippen LogP) is 2.74. The molecule has 5 rings (SSSR count). The zero-order valence-corrected chi connectivity index (χ0v) is 17.7. The highest BCUT2D eigenvalue weighted by molar-refractivity contribution is 6.35. The van der Waals surface area contributed by atoms with Gasteiger partial charge in [-0.3, -0.25) is 0 Å². The van der Waals surface area contributed by atoms with Crippen molar-refractivity contribution in [1.29, 1.82) is 0 Å². The molecule has 2 aromatic carbocycles. The fraction of sp³-hybridized carbons (Fsp3) is 0.417. The SMILES string of the molecule is OC[C@H]1OC(n2cc(Cc3ccc(C4CC4)cc3)c3c(Cl)cccc32)[C@H](O)[C@@H](O)[C@@H]1O. The highest BCUT2D eigenvalue weighted by Gasteiger charge is 2.44. The summed E-state index contributed by atoms with van der Waals surface area (Å²) in [7, 11) is 0. The summed E-state index contributed by atoms with van der Waals surface area (Å²) in [5, 5.41) is 42.0. The second-order valence-corrected chi connectivity index (χ2v) is 9.01. The minimum Gasteiger partial charge on any atom is -0.394 e.